The molecule has 1 rings (SSSR count). The number of nitrogens with two attached hydrogens (primary N) is 2. The Morgan fingerprint density at radius 2 is 1.71 bits per heavy atom. The van der Waals surface area contributed by atoms with Crippen LogP contribution >= 0.6 is 24.8 Å². The van der Waals surface area contributed by atoms with E-state index in [0.29, 0.717) is 12.1 Å². The Labute approximate surface area is 114 Å². The molecule has 17 heavy (non-hydrogen) atoms. The quantitative estimate of drug-likeness (QED) is 0.813. The van der Waals surface area contributed by atoms with E-state index in [0.717, 1.165) is 5.56 Å². The van der Waals surface area contributed by atoms with Gasteiger partial charge < -0.3 is 16.4 Å². The second kappa shape index (κ2) is 8.17. The zero-order chi connectivity index (χ0) is 11.4. The third-order valence-corrected chi connectivity index (χ3v) is 2.19. The topological polar surface area (TPSA) is 72.3 Å². The molecule has 6 heteroatoms. The molecular formula is C11H19Cl2N3O. The molecule has 1 unspecified atom stereocenters. The maximum atomic E-state index is 11.5. The Morgan fingerprint density at radius 3 is 2.12 bits per heavy atom. The predicted molar refractivity (Wildman–Crippen MR) is 75.7 cm³/mol. The van der Waals surface area contributed by atoms with E-state index < -0.39 is 6.04 Å². The van der Waals surface area contributed by atoms with Crippen molar-refractivity contribution in [2.45, 2.75) is 12.5 Å². The fourth-order valence-corrected chi connectivity index (χ4v) is 1.33. The number of anilines is 1. The van der Waals surface area contributed by atoms with Crippen molar-refractivity contribution in [2.24, 2.45) is 5.73 Å². The predicted octanol–water partition coefficient (Wildman–Crippen LogP) is 1.07. The van der Waals surface area contributed by atoms with Crippen molar-refractivity contribution in [3.63, 3.8) is 0 Å². The first kappa shape index (κ1) is 18.4. The average molecular weight is 280 g/mol. The summed E-state index contributed by atoms with van der Waals surface area (Å²) in [6, 6.07) is 6.91. The maximum Gasteiger partial charge on any atom is 0.239 e. The standard InChI is InChI=1S/C11H17N3O.2ClH/c1-14(2)11(15)10(13)7-8-3-5-9(12)6-4-8;;/h3-6,10H,7,12-13H2,1-2H3;2*1H. The van der Waals surface area contributed by atoms with Crippen molar-refractivity contribution in [2.75, 3.05) is 19.8 Å². The number of likely N-dealkylation sites (N-methyl/N-ethyl adjacent to an activating group) is 1. The molecule has 1 aromatic carbocycles. The van der Waals surface area contributed by atoms with Gasteiger partial charge in [0.15, 0.2) is 0 Å². The summed E-state index contributed by atoms with van der Waals surface area (Å²) in [5.74, 6) is -0.0631. The van der Waals surface area contributed by atoms with Gasteiger partial charge >= 0.3 is 0 Å². The van der Waals surface area contributed by atoms with Gasteiger partial charge in [0.25, 0.3) is 0 Å². The number of hydrogen-bond donors (Lipinski definition) is 2. The molecule has 0 saturated carbocycles. The molecule has 0 aliphatic rings. The molecule has 0 fully saturated rings. The van der Waals surface area contributed by atoms with Gasteiger partial charge in [-0.1, -0.05) is 12.1 Å². The van der Waals surface area contributed by atoms with Crippen molar-refractivity contribution < 1.29 is 4.79 Å². The minimum atomic E-state index is -0.483. The first-order valence-corrected chi connectivity index (χ1v) is 4.82. The summed E-state index contributed by atoms with van der Waals surface area (Å²) in [5, 5.41) is 0. The third-order valence-electron chi connectivity index (χ3n) is 2.19. The number of carbonyl (C=O) groups excluding carboxylic acids is 1. The van der Waals surface area contributed by atoms with E-state index in [4.69, 9.17) is 11.5 Å². The van der Waals surface area contributed by atoms with Crippen molar-refractivity contribution in [3.05, 3.63) is 29.8 Å². The first-order valence-electron chi connectivity index (χ1n) is 4.82. The normalized spacial score (nSPS) is 10.8. The molecule has 0 spiro atoms. The molecule has 1 amide bonds. The van der Waals surface area contributed by atoms with Gasteiger partial charge in [-0.3, -0.25) is 4.79 Å². The van der Waals surface area contributed by atoms with Crippen molar-refractivity contribution in [1.82, 2.24) is 4.90 Å². The molecule has 1 aromatic rings. The summed E-state index contributed by atoms with van der Waals surface area (Å²) < 4.78 is 0. The Balaban J connectivity index is 0. The lowest BCUT2D eigenvalue weighted by atomic mass is 10.1. The average Bonchev–Trinajstić information content (AvgIpc) is 2.20. The Kier molecular flexibility index (Phi) is 8.84. The summed E-state index contributed by atoms with van der Waals surface area (Å²) in [4.78, 5) is 13.0. The molecule has 0 saturated heterocycles. The number of amides is 1. The second-order valence-corrected chi connectivity index (χ2v) is 3.78. The van der Waals surface area contributed by atoms with E-state index in [1.165, 1.54) is 4.90 Å². The lowest BCUT2D eigenvalue weighted by molar-refractivity contribution is -0.130. The van der Waals surface area contributed by atoms with Crippen LogP contribution in [0.5, 0.6) is 0 Å². The Bertz CT molecular complexity index is 341. The van der Waals surface area contributed by atoms with Gasteiger partial charge in [-0.15, -0.1) is 24.8 Å². The van der Waals surface area contributed by atoms with Crippen LogP contribution in [-0.4, -0.2) is 30.9 Å². The van der Waals surface area contributed by atoms with Gasteiger partial charge in [-0.05, 0) is 24.1 Å². The van der Waals surface area contributed by atoms with Gasteiger partial charge in [0, 0.05) is 19.8 Å². The zero-order valence-electron chi connectivity index (χ0n) is 9.92. The molecule has 1 atom stereocenters. The van der Waals surface area contributed by atoms with Crippen LogP contribution in [0.25, 0.3) is 0 Å². The molecule has 0 bridgehead atoms. The lowest BCUT2D eigenvalue weighted by Gasteiger charge is -2.16. The van der Waals surface area contributed by atoms with E-state index in [9.17, 15) is 4.79 Å². The second-order valence-electron chi connectivity index (χ2n) is 3.78. The summed E-state index contributed by atoms with van der Waals surface area (Å²) in [6.45, 7) is 0. The van der Waals surface area contributed by atoms with E-state index in [-0.39, 0.29) is 30.7 Å². The number of halogens is 2. The maximum absolute atomic E-state index is 11.5. The summed E-state index contributed by atoms with van der Waals surface area (Å²) in [7, 11) is 3.40. The Hall–Kier alpha value is -0.970. The zero-order valence-corrected chi connectivity index (χ0v) is 11.6. The van der Waals surface area contributed by atoms with Crippen LogP contribution in [0.4, 0.5) is 5.69 Å². The van der Waals surface area contributed by atoms with E-state index >= 15 is 0 Å². The highest BCUT2D eigenvalue weighted by Crippen LogP contribution is 2.07. The number of rotatable bonds is 3. The Morgan fingerprint density at radius 1 is 1.24 bits per heavy atom. The number of nitrogen functional groups attached to an aromatic ring is 1. The highest BCUT2D eigenvalue weighted by Gasteiger charge is 2.15. The minimum Gasteiger partial charge on any atom is -0.399 e. The summed E-state index contributed by atoms with van der Waals surface area (Å²) >= 11 is 0. The van der Waals surface area contributed by atoms with Crippen LogP contribution in [0.1, 0.15) is 5.56 Å². The SMILES string of the molecule is CN(C)C(=O)C(N)Cc1ccc(N)cc1.Cl.Cl. The highest BCUT2D eigenvalue weighted by atomic mass is 35.5. The molecule has 98 valence electrons. The fraction of sp³-hybridized carbons (Fsp3) is 0.364. The first-order chi connectivity index (χ1) is 7.00. The molecular weight excluding hydrogens is 261 g/mol. The van der Waals surface area contributed by atoms with Crippen molar-refractivity contribution in [1.29, 1.82) is 0 Å². The molecule has 0 radical (unpaired) electrons. The highest BCUT2D eigenvalue weighted by molar-refractivity contribution is 5.85. The fourth-order valence-electron chi connectivity index (χ4n) is 1.33. The monoisotopic (exact) mass is 279 g/mol. The van der Waals surface area contributed by atoms with Gasteiger partial charge in [-0.2, -0.15) is 0 Å². The van der Waals surface area contributed by atoms with Crippen molar-refractivity contribution in [3.8, 4) is 0 Å². The summed E-state index contributed by atoms with van der Waals surface area (Å²) in [5.41, 5.74) is 13.1. The van der Waals surface area contributed by atoms with Gasteiger partial charge in [-0.25, -0.2) is 0 Å². The lowest BCUT2D eigenvalue weighted by Crippen LogP contribution is -2.41. The van der Waals surface area contributed by atoms with Crippen LogP contribution in [0.2, 0.25) is 0 Å². The van der Waals surface area contributed by atoms with Crippen LogP contribution < -0.4 is 11.5 Å². The van der Waals surface area contributed by atoms with E-state index in [2.05, 4.69) is 0 Å². The summed E-state index contributed by atoms with van der Waals surface area (Å²) in [6.07, 6.45) is 0.539. The number of hydrogen-bond acceptors (Lipinski definition) is 3. The molecule has 0 aromatic heterocycles. The molecule has 4 N–H and O–H groups in total. The van der Waals surface area contributed by atoms with Gasteiger partial charge in [0.05, 0.1) is 6.04 Å². The molecule has 0 heterocycles. The largest absolute Gasteiger partial charge is 0.399 e. The van der Waals surface area contributed by atoms with Crippen LogP contribution in [-0.2, 0) is 11.2 Å². The van der Waals surface area contributed by atoms with Crippen LogP contribution in [0, 0.1) is 0 Å². The van der Waals surface area contributed by atoms with Gasteiger partial charge in [0.1, 0.15) is 0 Å². The minimum absolute atomic E-state index is 0. The molecule has 0 aliphatic heterocycles. The number of nitrogens with zero attached hydrogens (tertiary/aromatic N) is 1. The molecule has 0 aliphatic carbocycles. The van der Waals surface area contributed by atoms with E-state index in [1.54, 1.807) is 14.1 Å². The van der Waals surface area contributed by atoms with Crippen molar-refractivity contribution >= 4 is 36.4 Å². The van der Waals surface area contributed by atoms with Gasteiger partial charge in [0.2, 0.25) is 5.91 Å². The number of carbonyl (C=O) groups is 1. The van der Waals surface area contributed by atoms with E-state index in [1.807, 2.05) is 24.3 Å². The number of benzene rings is 1. The molecule has 4 nitrogen and oxygen atoms in total. The third kappa shape index (κ3) is 5.77. The smallest absolute Gasteiger partial charge is 0.239 e. The van der Waals surface area contributed by atoms with Crippen LogP contribution in [0.3, 0.4) is 0 Å². The van der Waals surface area contributed by atoms with Crippen LogP contribution in [0.15, 0.2) is 24.3 Å².